The summed E-state index contributed by atoms with van der Waals surface area (Å²) in [5.74, 6) is 0.926. The van der Waals surface area contributed by atoms with Crippen LogP contribution in [0.1, 0.15) is 11.1 Å². The van der Waals surface area contributed by atoms with Crippen LogP contribution >= 0.6 is 0 Å². The van der Waals surface area contributed by atoms with E-state index in [9.17, 15) is 0 Å². The van der Waals surface area contributed by atoms with E-state index in [1.54, 1.807) is 0 Å². The predicted molar refractivity (Wildman–Crippen MR) is 72.2 cm³/mol. The van der Waals surface area contributed by atoms with Crippen LogP contribution in [0.15, 0.2) is 61.2 Å². The zero-order chi connectivity index (χ0) is 11.9. The van der Waals surface area contributed by atoms with Crippen molar-refractivity contribution in [2.24, 2.45) is 0 Å². The Morgan fingerprint density at radius 3 is 2.29 bits per heavy atom. The fourth-order valence-corrected chi connectivity index (χ4v) is 1.62. The highest BCUT2D eigenvalue weighted by Gasteiger charge is 1.95. The Hall–Kier alpha value is -2.02. The van der Waals surface area contributed by atoms with Crippen molar-refractivity contribution >= 4 is 6.08 Å². The van der Waals surface area contributed by atoms with E-state index >= 15 is 0 Å². The third-order valence-electron chi connectivity index (χ3n) is 2.62. The summed E-state index contributed by atoms with van der Waals surface area (Å²) in [4.78, 5) is 0. The molecule has 0 aliphatic carbocycles. The second kappa shape index (κ2) is 5.90. The van der Waals surface area contributed by atoms with Gasteiger partial charge in [-0.2, -0.15) is 0 Å². The first-order valence-corrected chi connectivity index (χ1v) is 5.78. The molecule has 0 N–H and O–H groups in total. The average Bonchev–Trinajstić information content (AvgIpc) is 2.41. The van der Waals surface area contributed by atoms with Gasteiger partial charge in [-0.1, -0.05) is 55.1 Å². The van der Waals surface area contributed by atoms with E-state index in [0.29, 0.717) is 6.61 Å². The second-order valence-corrected chi connectivity index (χ2v) is 3.86. The third kappa shape index (κ3) is 3.49. The van der Waals surface area contributed by atoms with Gasteiger partial charge in [-0.3, -0.25) is 0 Å². The van der Waals surface area contributed by atoms with Crippen LogP contribution in [0, 0.1) is 0 Å². The molecule has 0 fully saturated rings. The van der Waals surface area contributed by atoms with Gasteiger partial charge in [0.05, 0.1) is 6.61 Å². The van der Waals surface area contributed by atoms with Gasteiger partial charge in [0.25, 0.3) is 0 Å². The molecular weight excluding hydrogens is 208 g/mol. The lowest BCUT2D eigenvalue weighted by atomic mass is 10.1. The summed E-state index contributed by atoms with van der Waals surface area (Å²) in [6.07, 6.45) is 2.77. The molecule has 2 aromatic rings. The first-order chi connectivity index (χ1) is 8.38. The fourth-order valence-electron chi connectivity index (χ4n) is 1.62. The van der Waals surface area contributed by atoms with E-state index in [-0.39, 0.29) is 0 Å². The summed E-state index contributed by atoms with van der Waals surface area (Å²) >= 11 is 0. The second-order valence-electron chi connectivity index (χ2n) is 3.86. The number of hydrogen-bond acceptors (Lipinski definition) is 1. The lowest BCUT2D eigenvalue weighted by Gasteiger charge is -2.06. The Morgan fingerprint density at radius 2 is 1.65 bits per heavy atom. The van der Waals surface area contributed by atoms with Gasteiger partial charge in [0, 0.05) is 6.42 Å². The molecule has 86 valence electrons. The maximum absolute atomic E-state index is 5.65. The third-order valence-corrected chi connectivity index (χ3v) is 2.62. The van der Waals surface area contributed by atoms with Crippen molar-refractivity contribution in [1.82, 2.24) is 0 Å². The molecule has 0 atom stereocenters. The molecule has 0 heterocycles. The minimum absolute atomic E-state index is 0.706. The molecule has 2 aromatic carbocycles. The number of benzene rings is 2. The lowest BCUT2D eigenvalue weighted by Crippen LogP contribution is -2.00. The Bertz CT molecular complexity index is 457. The Balaban J connectivity index is 1.84. The standard InChI is InChI=1S/C16H16O/c1-2-14-8-10-15(11-9-14)12-13-17-16-6-4-3-5-7-16/h2-11H,1,12-13H2. The first-order valence-electron chi connectivity index (χ1n) is 5.78. The number of rotatable bonds is 5. The number of ether oxygens (including phenoxy) is 1. The van der Waals surface area contributed by atoms with E-state index in [1.807, 2.05) is 36.4 Å². The van der Waals surface area contributed by atoms with Gasteiger partial charge in [0.2, 0.25) is 0 Å². The maximum Gasteiger partial charge on any atom is 0.119 e. The predicted octanol–water partition coefficient (Wildman–Crippen LogP) is 3.95. The van der Waals surface area contributed by atoms with Gasteiger partial charge in [0.1, 0.15) is 5.75 Å². The monoisotopic (exact) mass is 224 g/mol. The van der Waals surface area contributed by atoms with Gasteiger partial charge in [-0.25, -0.2) is 0 Å². The van der Waals surface area contributed by atoms with Crippen molar-refractivity contribution in [2.45, 2.75) is 6.42 Å². The molecule has 0 amide bonds. The summed E-state index contributed by atoms with van der Waals surface area (Å²) in [6.45, 7) is 4.44. The van der Waals surface area contributed by atoms with E-state index in [4.69, 9.17) is 4.74 Å². The molecule has 0 unspecified atom stereocenters. The fraction of sp³-hybridized carbons (Fsp3) is 0.125. The summed E-state index contributed by atoms with van der Waals surface area (Å²) in [5, 5.41) is 0. The van der Waals surface area contributed by atoms with Crippen LogP contribution in [0.4, 0.5) is 0 Å². The van der Waals surface area contributed by atoms with E-state index in [2.05, 4.69) is 30.8 Å². The molecule has 1 heteroatoms. The minimum Gasteiger partial charge on any atom is -0.493 e. The summed E-state index contributed by atoms with van der Waals surface area (Å²) in [5.41, 5.74) is 2.43. The van der Waals surface area contributed by atoms with Crippen molar-refractivity contribution < 1.29 is 4.74 Å². The van der Waals surface area contributed by atoms with E-state index in [0.717, 1.165) is 17.7 Å². The van der Waals surface area contributed by atoms with Gasteiger partial charge in [-0.15, -0.1) is 0 Å². The molecule has 0 aliphatic rings. The van der Waals surface area contributed by atoms with Gasteiger partial charge in [0.15, 0.2) is 0 Å². The topological polar surface area (TPSA) is 9.23 Å². The van der Waals surface area contributed by atoms with Crippen molar-refractivity contribution in [3.05, 3.63) is 72.3 Å². The van der Waals surface area contributed by atoms with Crippen LogP contribution < -0.4 is 4.74 Å². The SMILES string of the molecule is C=Cc1ccc(CCOc2ccccc2)cc1. The Morgan fingerprint density at radius 1 is 0.941 bits per heavy atom. The molecule has 2 rings (SSSR count). The van der Waals surface area contributed by atoms with Crippen LogP contribution in [-0.4, -0.2) is 6.61 Å². The van der Waals surface area contributed by atoms with Gasteiger partial charge in [-0.05, 0) is 23.3 Å². The first kappa shape index (κ1) is 11.5. The van der Waals surface area contributed by atoms with Gasteiger partial charge < -0.3 is 4.74 Å². The van der Waals surface area contributed by atoms with Crippen molar-refractivity contribution in [1.29, 1.82) is 0 Å². The summed E-state index contributed by atoms with van der Waals surface area (Å²) in [7, 11) is 0. The van der Waals surface area contributed by atoms with Crippen LogP contribution in [0.5, 0.6) is 5.75 Å². The Kier molecular flexibility index (Phi) is 3.98. The van der Waals surface area contributed by atoms with Crippen LogP contribution in [0.25, 0.3) is 6.08 Å². The van der Waals surface area contributed by atoms with Crippen molar-refractivity contribution in [3.63, 3.8) is 0 Å². The van der Waals surface area contributed by atoms with Crippen LogP contribution in [0.2, 0.25) is 0 Å². The smallest absolute Gasteiger partial charge is 0.119 e. The van der Waals surface area contributed by atoms with Gasteiger partial charge >= 0.3 is 0 Å². The molecule has 1 nitrogen and oxygen atoms in total. The molecule has 0 spiro atoms. The number of hydrogen-bond donors (Lipinski definition) is 0. The van der Waals surface area contributed by atoms with E-state index < -0.39 is 0 Å². The highest BCUT2D eigenvalue weighted by molar-refractivity contribution is 5.47. The molecule has 0 saturated heterocycles. The summed E-state index contributed by atoms with van der Waals surface area (Å²) in [6, 6.07) is 18.3. The van der Waals surface area contributed by atoms with Crippen LogP contribution in [-0.2, 0) is 6.42 Å². The summed E-state index contributed by atoms with van der Waals surface area (Å²) < 4.78 is 5.65. The normalized spacial score (nSPS) is 9.88. The molecular formula is C16H16O. The maximum atomic E-state index is 5.65. The van der Waals surface area contributed by atoms with E-state index in [1.165, 1.54) is 5.56 Å². The average molecular weight is 224 g/mol. The largest absolute Gasteiger partial charge is 0.493 e. The van der Waals surface area contributed by atoms with Crippen LogP contribution in [0.3, 0.4) is 0 Å². The van der Waals surface area contributed by atoms with Crippen molar-refractivity contribution in [2.75, 3.05) is 6.61 Å². The molecule has 0 saturated carbocycles. The molecule has 17 heavy (non-hydrogen) atoms. The zero-order valence-electron chi connectivity index (χ0n) is 9.80. The minimum atomic E-state index is 0.706. The zero-order valence-corrected chi connectivity index (χ0v) is 9.80. The Labute approximate surface area is 102 Å². The quantitative estimate of drug-likeness (QED) is 0.747. The van der Waals surface area contributed by atoms with Crippen molar-refractivity contribution in [3.8, 4) is 5.75 Å². The highest BCUT2D eigenvalue weighted by Crippen LogP contribution is 2.10. The highest BCUT2D eigenvalue weighted by atomic mass is 16.5. The molecule has 0 bridgehead atoms. The number of para-hydroxylation sites is 1. The molecule has 0 aromatic heterocycles. The lowest BCUT2D eigenvalue weighted by molar-refractivity contribution is 0.322. The molecule has 0 radical (unpaired) electrons. The molecule has 0 aliphatic heterocycles.